The topological polar surface area (TPSA) is 125 Å². The molecular weight excluding hydrogens is 366 g/mol. The number of rotatable bonds is 9. The van der Waals surface area contributed by atoms with E-state index in [0.717, 1.165) is 0 Å². The Bertz CT molecular complexity index is 631. The quantitative estimate of drug-likeness (QED) is 0.513. The minimum absolute atomic E-state index is 0.161. The van der Waals surface area contributed by atoms with Crippen molar-refractivity contribution in [2.24, 2.45) is 5.92 Å². The molecule has 0 aromatic carbocycles. The van der Waals surface area contributed by atoms with Crippen LogP contribution in [0.3, 0.4) is 0 Å². The first-order chi connectivity index (χ1) is 13.1. The second-order valence-corrected chi connectivity index (χ2v) is 7.84. The van der Waals surface area contributed by atoms with E-state index in [9.17, 15) is 24.3 Å². The zero-order valence-electron chi connectivity index (χ0n) is 17.0. The van der Waals surface area contributed by atoms with E-state index in [-0.39, 0.29) is 36.8 Å². The number of nitrogens with one attached hydrogen (secondary N) is 2. The first-order valence-corrected chi connectivity index (χ1v) is 9.92. The number of ether oxygens (including phenoxy) is 1. The molecule has 0 bridgehead atoms. The Labute approximate surface area is 165 Å². The van der Waals surface area contributed by atoms with Gasteiger partial charge in [0.1, 0.15) is 17.6 Å². The Hall–Kier alpha value is -2.16. The summed E-state index contributed by atoms with van der Waals surface area (Å²) in [6.45, 7) is 7.87. The lowest BCUT2D eigenvalue weighted by atomic mass is 10.0. The fourth-order valence-electron chi connectivity index (χ4n) is 3.45. The normalized spacial score (nSPS) is 24.0. The molecule has 3 unspecified atom stereocenters. The highest BCUT2D eigenvalue weighted by atomic mass is 16.5. The molecule has 1 aliphatic carbocycles. The second-order valence-electron chi connectivity index (χ2n) is 7.84. The summed E-state index contributed by atoms with van der Waals surface area (Å²) in [7, 11) is 0. The van der Waals surface area contributed by atoms with Gasteiger partial charge in [-0.1, -0.05) is 20.8 Å². The van der Waals surface area contributed by atoms with Gasteiger partial charge in [-0.25, -0.2) is 4.79 Å². The molecule has 9 nitrogen and oxygen atoms in total. The zero-order chi connectivity index (χ0) is 21.1. The highest BCUT2D eigenvalue weighted by Gasteiger charge is 2.54. The smallest absolute Gasteiger partial charge is 0.329 e. The van der Waals surface area contributed by atoms with Crippen LogP contribution in [0.25, 0.3) is 0 Å². The average Bonchev–Trinajstić information content (AvgIpc) is 3.30. The lowest BCUT2D eigenvalue weighted by Crippen LogP contribution is -2.57. The average molecular weight is 397 g/mol. The van der Waals surface area contributed by atoms with Gasteiger partial charge < -0.3 is 25.4 Å². The van der Waals surface area contributed by atoms with Gasteiger partial charge in [0.15, 0.2) is 0 Å². The summed E-state index contributed by atoms with van der Waals surface area (Å²) in [5.41, 5.74) is -1.22. The van der Waals surface area contributed by atoms with Crippen molar-refractivity contribution in [3.63, 3.8) is 0 Å². The molecule has 2 aliphatic rings. The summed E-state index contributed by atoms with van der Waals surface area (Å²) >= 11 is 0. The number of carboxylic acids is 1. The van der Waals surface area contributed by atoms with E-state index in [1.165, 1.54) is 4.90 Å². The predicted octanol–water partition coefficient (Wildman–Crippen LogP) is 0.277. The molecule has 1 saturated heterocycles. The minimum atomic E-state index is -1.22. The van der Waals surface area contributed by atoms with E-state index in [2.05, 4.69) is 10.6 Å². The summed E-state index contributed by atoms with van der Waals surface area (Å²) in [4.78, 5) is 50.7. The maximum atomic E-state index is 13.2. The standard InChI is InChI=1S/C19H31N3O6/c1-5-14(23)20-15(11(3)4)17(25)22-10-12(28-6-2)9-13(22)16(24)21-19(7-8-19)18(26)27/h11-13,15H,5-10H2,1-4H3,(H,20,23)(H,21,24)(H,26,27). The Kier molecular flexibility index (Phi) is 7.03. The largest absolute Gasteiger partial charge is 0.480 e. The van der Waals surface area contributed by atoms with Crippen LogP contribution < -0.4 is 10.6 Å². The molecule has 9 heteroatoms. The number of carbonyl (C=O) groups excluding carboxylic acids is 3. The summed E-state index contributed by atoms with van der Waals surface area (Å²) < 4.78 is 5.62. The van der Waals surface area contributed by atoms with E-state index in [1.807, 2.05) is 20.8 Å². The molecule has 0 spiro atoms. The van der Waals surface area contributed by atoms with E-state index in [0.29, 0.717) is 25.9 Å². The van der Waals surface area contributed by atoms with Crippen molar-refractivity contribution in [1.82, 2.24) is 15.5 Å². The van der Waals surface area contributed by atoms with Gasteiger partial charge in [0.25, 0.3) is 0 Å². The molecule has 158 valence electrons. The highest BCUT2D eigenvalue weighted by molar-refractivity contribution is 5.95. The monoisotopic (exact) mass is 397 g/mol. The SMILES string of the molecule is CCOC1CC(C(=O)NC2(C(=O)O)CC2)N(C(=O)C(NC(=O)CC)C(C)C)C1. The van der Waals surface area contributed by atoms with Gasteiger partial charge in [-0.3, -0.25) is 14.4 Å². The van der Waals surface area contributed by atoms with E-state index in [1.54, 1.807) is 6.92 Å². The number of aliphatic carboxylic acids is 1. The fourth-order valence-corrected chi connectivity index (χ4v) is 3.45. The maximum Gasteiger partial charge on any atom is 0.329 e. The summed E-state index contributed by atoms with van der Waals surface area (Å²) in [6, 6.07) is -1.57. The molecule has 0 aromatic heterocycles. The molecule has 2 rings (SSSR count). The molecule has 3 N–H and O–H groups in total. The van der Waals surface area contributed by atoms with Crippen molar-refractivity contribution >= 4 is 23.7 Å². The van der Waals surface area contributed by atoms with Crippen molar-refractivity contribution in [3.8, 4) is 0 Å². The molecule has 0 radical (unpaired) electrons. The highest BCUT2D eigenvalue weighted by Crippen LogP contribution is 2.36. The van der Waals surface area contributed by atoms with Gasteiger partial charge >= 0.3 is 5.97 Å². The molecule has 2 fully saturated rings. The molecule has 28 heavy (non-hydrogen) atoms. The van der Waals surface area contributed by atoms with Crippen LogP contribution in [0.2, 0.25) is 0 Å². The van der Waals surface area contributed by atoms with Gasteiger partial charge in [0, 0.05) is 26.0 Å². The number of nitrogens with zero attached hydrogens (tertiary/aromatic N) is 1. The summed E-state index contributed by atoms with van der Waals surface area (Å²) in [6.07, 6.45) is 1.01. The third kappa shape index (κ3) is 4.81. The van der Waals surface area contributed by atoms with Crippen LogP contribution in [-0.2, 0) is 23.9 Å². The fraction of sp³-hybridized carbons (Fsp3) is 0.789. The maximum absolute atomic E-state index is 13.2. The third-order valence-electron chi connectivity index (χ3n) is 5.34. The van der Waals surface area contributed by atoms with Crippen molar-refractivity contribution in [1.29, 1.82) is 0 Å². The molecule has 1 aliphatic heterocycles. The number of likely N-dealkylation sites (tertiary alicyclic amines) is 1. The van der Waals surface area contributed by atoms with E-state index >= 15 is 0 Å². The van der Waals surface area contributed by atoms with E-state index < -0.39 is 29.5 Å². The zero-order valence-corrected chi connectivity index (χ0v) is 17.0. The number of amides is 3. The predicted molar refractivity (Wildman–Crippen MR) is 100 cm³/mol. The minimum Gasteiger partial charge on any atom is -0.480 e. The van der Waals surface area contributed by atoms with Gasteiger partial charge in [-0.05, 0) is 25.7 Å². The molecular formula is C19H31N3O6. The lowest BCUT2D eigenvalue weighted by Gasteiger charge is -2.31. The number of hydrogen-bond donors (Lipinski definition) is 3. The number of carbonyl (C=O) groups is 4. The Morgan fingerprint density at radius 3 is 2.32 bits per heavy atom. The van der Waals surface area contributed by atoms with Crippen molar-refractivity contribution in [2.45, 2.75) is 77.1 Å². The summed E-state index contributed by atoms with van der Waals surface area (Å²) in [5, 5.41) is 14.7. The van der Waals surface area contributed by atoms with Crippen LogP contribution in [0.5, 0.6) is 0 Å². The number of carboxylic acid groups (broad SMARTS) is 1. The van der Waals surface area contributed by atoms with Crippen LogP contribution in [0, 0.1) is 5.92 Å². The Balaban J connectivity index is 2.19. The number of hydrogen-bond acceptors (Lipinski definition) is 5. The van der Waals surface area contributed by atoms with Gasteiger partial charge in [-0.2, -0.15) is 0 Å². The molecule has 0 aromatic rings. The molecule has 1 saturated carbocycles. The van der Waals surface area contributed by atoms with Crippen LogP contribution in [0.4, 0.5) is 0 Å². The Morgan fingerprint density at radius 2 is 1.86 bits per heavy atom. The first kappa shape index (κ1) is 22.1. The summed E-state index contributed by atoms with van der Waals surface area (Å²) in [5.74, 6) is -2.30. The Morgan fingerprint density at radius 1 is 1.21 bits per heavy atom. The van der Waals surface area contributed by atoms with Crippen LogP contribution in [0.1, 0.15) is 53.4 Å². The van der Waals surface area contributed by atoms with Gasteiger partial charge in [-0.15, -0.1) is 0 Å². The third-order valence-corrected chi connectivity index (χ3v) is 5.34. The molecule has 3 amide bonds. The van der Waals surface area contributed by atoms with Crippen molar-refractivity contribution in [2.75, 3.05) is 13.2 Å². The molecule has 3 atom stereocenters. The molecule has 1 heterocycles. The lowest BCUT2D eigenvalue weighted by molar-refractivity contribution is -0.146. The first-order valence-electron chi connectivity index (χ1n) is 9.92. The van der Waals surface area contributed by atoms with E-state index in [4.69, 9.17) is 4.74 Å². The van der Waals surface area contributed by atoms with Crippen molar-refractivity contribution < 1.29 is 29.0 Å². The van der Waals surface area contributed by atoms with Gasteiger partial charge in [0.2, 0.25) is 17.7 Å². The van der Waals surface area contributed by atoms with Crippen molar-refractivity contribution in [3.05, 3.63) is 0 Å². The van der Waals surface area contributed by atoms with Crippen LogP contribution in [-0.4, -0.2) is 70.6 Å². The van der Waals surface area contributed by atoms with Gasteiger partial charge in [0.05, 0.1) is 6.10 Å². The second kappa shape index (κ2) is 8.89. The van der Waals surface area contributed by atoms with Crippen LogP contribution in [0.15, 0.2) is 0 Å². The van der Waals surface area contributed by atoms with Crippen LogP contribution >= 0.6 is 0 Å².